The molecule has 90 valence electrons. The molecule has 0 spiro atoms. The number of allylic oxidation sites excluding steroid dienone is 3. The molecule has 2 nitrogen and oxygen atoms in total. The smallest absolute Gasteiger partial charge is 0.271 e. The summed E-state index contributed by atoms with van der Waals surface area (Å²) in [5.41, 5.74) is 1.94. The molecule has 0 fully saturated rings. The standard InChI is InChI=1S/C14H10BrNOS/c1-9-3-2-4-12-16(9)14(17)13(18-12)10-5-7-11(15)8-6-10/h2-8H,1H3. The Hall–Kier alpha value is -1.39. The Morgan fingerprint density at radius 1 is 1.22 bits per heavy atom. The molecule has 2 aliphatic heterocycles. The molecule has 3 rings (SSSR count). The molecule has 0 unspecified atom stereocenters. The molecule has 0 bridgehead atoms. The van der Waals surface area contributed by atoms with E-state index in [1.54, 1.807) is 4.90 Å². The van der Waals surface area contributed by atoms with Crippen LogP contribution >= 0.6 is 26.9 Å². The number of hydrogen-bond donors (Lipinski definition) is 0. The van der Waals surface area contributed by atoms with Crippen LogP contribution in [0.5, 0.6) is 0 Å². The summed E-state index contributed by atoms with van der Waals surface area (Å²) in [7, 11) is 1.53. The molecule has 4 heteroatoms. The van der Waals surface area contributed by atoms with Crippen LogP contribution in [0.2, 0.25) is 0 Å². The Labute approximate surface area is 117 Å². The van der Waals surface area contributed by atoms with E-state index < -0.39 is 0 Å². The zero-order valence-corrected chi connectivity index (χ0v) is 12.1. The predicted molar refractivity (Wildman–Crippen MR) is 80.6 cm³/mol. The first kappa shape index (κ1) is 11.7. The van der Waals surface area contributed by atoms with E-state index in [1.165, 1.54) is 10.9 Å². The second-order valence-electron chi connectivity index (χ2n) is 4.08. The van der Waals surface area contributed by atoms with Crippen molar-refractivity contribution < 1.29 is 4.79 Å². The van der Waals surface area contributed by atoms with Gasteiger partial charge < -0.3 is 0 Å². The van der Waals surface area contributed by atoms with Crippen LogP contribution in [0.4, 0.5) is 0 Å². The number of benzene rings is 1. The van der Waals surface area contributed by atoms with Crippen LogP contribution in [0.3, 0.4) is 0 Å². The van der Waals surface area contributed by atoms with Gasteiger partial charge in [0.05, 0.1) is 0 Å². The molecule has 2 heterocycles. The number of halogens is 1. The van der Waals surface area contributed by atoms with E-state index in [0.717, 1.165) is 25.6 Å². The van der Waals surface area contributed by atoms with Gasteiger partial charge >= 0.3 is 0 Å². The van der Waals surface area contributed by atoms with Crippen molar-refractivity contribution in [3.63, 3.8) is 0 Å². The summed E-state index contributed by atoms with van der Waals surface area (Å²) in [6.45, 7) is 1.95. The number of carbonyl (C=O) groups excluding carboxylic acids is 1. The zero-order chi connectivity index (χ0) is 12.7. The molecule has 2 aliphatic rings. The van der Waals surface area contributed by atoms with Gasteiger partial charge in [-0.15, -0.1) is 10.9 Å². The Kier molecular flexibility index (Phi) is 2.84. The fourth-order valence-electron chi connectivity index (χ4n) is 1.97. The highest BCUT2D eigenvalue weighted by atomic mass is 79.9. The molecule has 1 amide bonds. The summed E-state index contributed by atoms with van der Waals surface area (Å²) in [6, 6.07) is 7.84. The van der Waals surface area contributed by atoms with Gasteiger partial charge in [0.1, 0.15) is 9.85 Å². The van der Waals surface area contributed by atoms with Gasteiger partial charge in [-0.25, -0.2) is 0 Å². The van der Waals surface area contributed by atoms with Crippen molar-refractivity contribution in [2.75, 3.05) is 0 Å². The van der Waals surface area contributed by atoms with Crippen molar-refractivity contribution >= 4 is 42.6 Å². The van der Waals surface area contributed by atoms with Gasteiger partial charge in [-0.2, -0.15) is 0 Å². The van der Waals surface area contributed by atoms with Crippen LogP contribution in [0.1, 0.15) is 12.5 Å². The second-order valence-corrected chi connectivity index (χ2v) is 6.03. The molecule has 0 saturated heterocycles. The highest BCUT2D eigenvalue weighted by Crippen LogP contribution is 2.22. The average molecular weight is 320 g/mol. The van der Waals surface area contributed by atoms with Crippen molar-refractivity contribution in [1.82, 2.24) is 4.90 Å². The zero-order valence-electron chi connectivity index (χ0n) is 9.68. The van der Waals surface area contributed by atoms with Gasteiger partial charge in [0.25, 0.3) is 5.91 Å². The number of nitrogens with zero attached hydrogens (tertiary/aromatic N) is 1. The van der Waals surface area contributed by atoms with Crippen molar-refractivity contribution in [1.29, 1.82) is 0 Å². The van der Waals surface area contributed by atoms with Crippen LogP contribution in [0, 0.1) is 0 Å². The molecular formula is C14H10BrNOS. The van der Waals surface area contributed by atoms with Crippen LogP contribution in [0.25, 0.3) is 0 Å². The van der Waals surface area contributed by atoms with E-state index in [-0.39, 0.29) is 5.91 Å². The van der Waals surface area contributed by atoms with E-state index in [4.69, 9.17) is 0 Å². The summed E-state index contributed by atoms with van der Waals surface area (Å²) in [6.07, 6.45) is 5.90. The second kappa shape index (κ2) is 4.37. The highest BCUT2D eigenvalue weighted by Gasteiger charge is 2.29. The minimum absolute atomic E-state index is 0.0652. The van der Waals surface area contributed by atoms with Crippen LogP contribution < -0.4 is 0 Å². The Bertz CT molecular complexity index is 664. The quantitative estimate of drug-likeness (QED) is 0.728. The van der Waals surface area contributed by atoms with Gasteiger partial charge in [0, 0.05) is 10.2 Å². The SMILES string of the molecule is CC1=CC=CC2=S=C(c3ccc(Br)cc3)C(=O)N12. The molecule has 1 aromatic carbocycles. The van der Waals surface area contributed by atoms with Gasteiger partial charge in [-0.1, -0.05) is 34.1 Å². The molecule has 1 aromatic rings. The van der Waals surface area contributed by atoms with Gasteiger partial charge in [0.2, 0.25) is 0 Å². The molecule has 0 atom stereocenters. The maximum atomic E-state index is 12.4. The lowest BCUT2D eigenvalue weighted by Crippen LogP contribution is -2.34. The lowest BCUT2D eigenvalue weighted by atomic mass is 10.1. The van der Waals surface area contributed by atoms with Crippen molar-refractivity contribution in [2.45, 2.75) is 6.92 Å². The Balaban J connectivity index is 2.08. The molecule has 0 saturated carbocycles. The van der Waals surface area contributed by atoms with Gasteiger partial charge in [0.15, 0.2) is 0 Å². The molecule has 0 N–H and O–H groups in total. The Morgan fingerprint density at radius 3 is 2.61 bits per heavy atom. The highest BCUT2D eigenvalue weighted by molar-refractivity contribution is 9.10. The molecular weight excluding hydrogens is 310 g/mol. The summed E-state index contributed by atoms with van der Waals surface area (Å²) in [5.74, 6) is 0.0652. The number of rotatable bonds is 1. The van der Waals surface area contributed by atoms with Gasteiger partial charge in [-0.05, 0) is 36.8 Å². The lowest BCUT2D eigenvalue weighted by molar-refractivity contribution is -0.118. The summed E-state index contributed by atoms with van der Waals surface area (Å²) in [5, 5.41) is 0. The summed E-state index contributed by atoms with van der Waals surface area (Å²) >= 11 is 3.40. The van der Waals surface area contributed by atoms with E-state index in [0.29, 0.717) is 0 Å². The fourth-order valence-corrected chi connectivity index (χ4v) is 3.34. The normalized spacial score (nSPS) is 17.8. The molecule has 0 radical (unpaired) electrons. The predicted octanol–water partition coefficient (Wildman–Crippen LogP) is 3.15. The minimum Gasteiger partial charge on any atom is -0.271 e. The Morgan fingerprint density at radius 2 is 1.94 bits per heavy atom. The largest absolute Gasteiger partial charge is 0.273 e. The van der Waals surface area contributed by atoms with Gasteiger partial charge in [-0.3, -0.25) is 9.69 Å². The number of amides is 1. The number of hydrogen-bond acceptors (Lipinski definition) is 1. The van der Waals surface area contributed by atoms with Crippen molar-refractivity contribution in [3.8, 4) is 0 Å². The molecule has 18 heavy (non-hydrogen) atoms. The number of carbonyl (C=O) groups is 1. The fraction of sp³-hybridized carbons (Fsp3) is 0.0714. The van der Waals surface area contributed by atoms with Crippen LogP contribution in [0.15, 0.2) is 52.7 Å². The van der Waals surface area contributed by atoms with E-state index >= 15 is 0 Å². The average Bonchev–Trinajstić information content (AvgIpc) is 2.69. The molecule has 0 aromatic heterocycles. The number of fused-ring (bicyclic) bond motifs is 1. The summed E-state index contributed by atoms with van der Waals surface area (Å²) in [4.78, 5) is 15.9. The summed E-state index contributed by atoms with van der Waals surface area (Å²) < 4.78 is 1.02. The van der Waals surface area contributed by atoms with Crippen LogP contribution in [-0.2, 0) is 4.79 Å². The maximum Gasteiger partial charge on any atom is 0.273 e. The van der Waals surface area contributed by atoms with E-state index in [9.17, 15) is 4.79 Å². The minimum atomic E-state index is 0.0652. The third-order valence-corrected chi connectivity index (χ3v) is 4.53. The first-order valence-corrected chi connectivity index (χ1v) is 7.15. The monoisotopic (exact) mass is 319 g/mol. The van der Waals surface area contributed by atoms with Crippen molar-refractivity contribution in [2.24, 2.45) is 0 Å². The van der Waals surface area contributed by atoms with E-state index in [1.807, 2.05) is 49.4 Å². The van der Waals surface area contributed by atoms with Crippen molar-refractivity contribution in [3.05, 3.63) is 58.2 Å². The third-order valence-electron chi connectivity index (χ3n) is 2.86. The maximum absolute atomic E-state index is 12.4. The topological polar surface area (TPSA) is 20.3 Å². The van der Waals surface area contributed by atoms with Crippen LogP contribution in [-0.4, -0.2) is 20.7 Å². The first-order chi connectivity index (χ1) is 8.66. The third kappa shape index (κ3) is 1.82. The lowest BCUT2D eigenvalue weighted by Gasteiger charge is -2.21. The first-order valence-electron chi connectivity index (χ1n) is 5.54. The van der Waals surface area contributed by atoms with E-state index in [2.05, 4.69) is 15.9 Å². The molecule has 0 aliphatic carbocycles.